The number of nitrogens with one attached hydrogen (secondary N) is 1. The summed E-state index contributed by atoms with van der Waals surface area (Å²) in [6.07, 6.45) is 2.83. The molecule has 1 saturated heterocycles. The van der Waals surface area contributed by atoms with E-state index in [9.17, 15) is 0 Å². The molecule has 0 amide bonds. The standard InChI is InChI=1S/C8H14N4O/c1-12-8(4-10-11-12)6-2-3-9-7(6)5-13/h4,6-7,9,13H,2-3,5H2,1H3. The van der Waals surface area contributed by atoms with Gasteiger partial charge in [-0.05, 0) is 13.0 Å². The van der Waals surface area contributed by atoms with Crippen LogP contribution in [-0.4, -0.2) is 39.3 Å². The van der Waals surface area contributed by atoms with Crippen LogP contribution in [0.1, 0.15) is 18.0 Å². The van der Waals surface area contributed by atoms with Crippen molar-refractivity contribution in [3.8, 4) is 0 Å². The van der Waals surface area contributed by atoms with Crippen LogP contribution in [0, 0.1) is 0 Å². The van der Waals surface area contributed by atoms with Gasteiger partial charge in [0, 0.05) is 19.0 Å². The van der Waals surface area contributed by atoms with E-state index in [1.807, 2.05) is 7.05 Å². The van der Waals surface area contributed by atoms with Crippen LogP contribution in [0.4, 0.5) is 0 Å². The maximum absolute atomic E-state index is 9.11. The summed E-state index contributed by atoms with van der Waals surface area (Å²) in [5, 5.41) is 20.1. The lowest BCUT2D eigenvalue weighted by molar-refractivity contribution is 0.243. The number of aliphatic hydroxyl groups excluding tert-OH is 1. The number of hydrogen-bond acceptors (Lipinski definition) is 4. The molecular weight excluding hydrogens is 168 g/mol. The molecule has 1 aromatic heterocycles. The van der Waals surface area contributed by atoms with Crippen molar-refractivity contribution < 1.29 is 5.11 Å². The van der Waals surface area contributed by atoms with Gasteiger partial charge >= 0.3 is 0 Å². The van der Waals surface area contributed by atoms with Crippen molar-refractivity contribution in [3.63, 3.8) is 0 Å². The average molecular weight is 182 g/mol. The summed E-state index contributed by atoms with van der Waals surface area (Å²) in [5.74, 6) is 0.352. The van der Waals surface area contributed by atoms with Crippen LogP contribution in [0.25, 0.3) is 0 Å². The first-order chi connectivity index (χ1) is 6.33. The summed E-state index contributed by atoms with van der Waals surface area (Å²) in [6, 6.07) is 0.164. The minimum absolute atomic E-state index is 0.164. The third-order valence-corrected chi connectivity index (χ3v) is 2.67. The van der Waals surface area contributed by atoms with E-state index in [-0.39, 0.29) is 12.6 Å². The van der Waals surface area contributed by atoms with E-state index in [1.165, 1.54) is 0 Å². The van der Waals surface area contributed by atoms with Gasteiger partial charge in [0.2, 0.25) is 0 Å². The molecule has 2 atom stereocenters. The van der Waals surface area contributed by atoms with Gasteiger partial charge in [0.05, 0.1) is 18.5 Å². The van der Waals surface area contributed by atoms with Crippen LogP contribution in [-0.2, 0) is 7.05 Å². The fourth-order valence-electron chi connectivity index (χ4n) is 1.95. The minimum Gasteiger partial charge on any atom is -0.395 e. The molecule has 0 saturated carbocycles. The fraction of sp³-hybridized carbons (Fsp3) is 0.750. The second-order valence-corrected chi connectivity index (χ2v) is 3.42. The Morgan fingerprint density at radius 3 is 3.23 bits per heavy atom. The number of aryl methyl sites for hydroxylation is 1. The van der Waals surface area contributed by atoms with E-state index in [4.69, 9.17) is 5.11 Å². The molecule has 1 aliphatic rings. The summed E-state index contributed by atoms with van der Waals surface area (Å²) in [6.45, 7) is 1.14. The normalized spacial score (nSPS) is 28.2. The molecule has 1 aliphatic heterocycles. The first-order valence-electron chi connectivity index (χ1n) is 4.51. The Balaban J connectivity index is 2.20. The number of aromatic nitrogens is 3. The third-order valence-electron chi connectivity index (χ3n) is 2.67. The molecule has 0 bridgehead atoms. The SMILES string of the molecule is Cn1nncc1C1CCNC1CO. The van der Waals surface area contributed by atoms with Crippen molar-refractivity contribution in [3.05, 3.63) is 11.9 Å². The maximum atomic E-state index is 9.11. The highest BCUT2D eigenvalue weighted by molar-refractivity contribution is 5.10. The minimum atomic E-state index is 0.164. The summed E-state index contributed by atoms with van der Waals surface area (Å²) >= 11 is 0. The van der Waals surface area contributed by atoms with Crippen LogP contribution in [0.3, 0.4) is 0 Å². The van der Waals surface area contributed by atoms with E-state index < -0.39 is 0 Å². The van der Waals surface area contributed by atoms with E-state index in [1.54, 1.807) is 10.9 Å². The van der Waals surface area contributed by atoms with Crippen LogP contribution < -0.4 is 5.32 Å². The van der Waals surface area contributed by atoms with E-state index in [0.717, 1.165) is 18.7 Å². The van der Waals surface area contributed by atoms with E-state index >= 15 is 0 Å². The molecule has 0 aliphatic carbocycles. The van der Waals surface area contributed by atoms with Crippen molar-refractivity contribution in [1.29, 1.82) is 0 Å². The zero-order chi connectivity index (χ0) is 9.26. The molecule has 2 rings (SSSR count). The summed E-state index contributed by atoms with van der Waals surface area (Å²) in [7, 11) is 1.88. The van der Waals surface area contributed by atoms with Gasteiger partial charge in [0.25, 0.3) is 0 Å². The molecule has 1 fully saturated rings. The summed E-state index contributed by atoms with van der Waals surface area (Å²) in [5.41, 5.74) is 1.10. The van der Waals surface area contributed by atoms with Gasteiger partial charge < -0.3 is 10.4 Å². The van der Waals surface area contributed by atoms with Gasteiger partial charge in [-0.1, -0.05) is 5.21 Å². The Morgan fingerprint density at radius 2 is 2.62 bits per heavy atom. The number of rotatable bonds is 2. The summed E-state index contributed by atoms with van der Waals surface area (Å²) < 4.78 is 1.78. The number of hydrogen-bond donors (Lipinski definition) is 2. The molecule has 5 heteroatoms. The second-order valence-electron chi connectivity index (χ2n) is 3.42. The Bertz CT molecular complexity index is 285. The van der Waals surface area contributed by atoms with E-state index in [0.29, 0.717) is 5.92 Å². The fourth-order valence-corrected chi connectivity index (χ4v) is 1.95. The first-order valence-corrected chi connectivity index (χ1v) is 4.51. The average Bonchev–Trinajstić information content (AvgIpc) is 2.71. The topological polar surface area (TPSA) is 63.0 Å². The van der Waals surface area contributed by atoms with Crippen LogP contribution in [0.15, 0.2) is 6.20 Å². The molecule has 2 unspecified atom stereocenters. The largest absolute Gasteiger partial charge is 0.395 e. The molecule has 0 spiro atoms. The highest BCUT2D eigenvalue weighted by Crippen LogP contribution is 2.25. The zero-order valence-electron chi connectivity index (χ0n) is 7.64. The predicted octanol–water partition coefficient (Wildman–Crippen LogP) is -0.747. The lowest BCUT2D eigenvalue weighted by atomic mass is 9.98. The van der Waals surface area contributed by atoms with Gasteiger partial charge in [0.15, 0.2) is 0 Å². The predicted molar refractivity (Wildman–Crippen MR) is 47.2 cm³/mol. The second kappa shape index (κ2) is 3.43. The number of aliphatic hydroxyl groups is 1. The van der Waals surface area contributed by atoms with Gasteiger partial charge in [-0.2, -0.15) is 0 Å². The summed E-state index contributed by atoms with van der Waals surface area (Å²) in [4.78, 5) is 0. The molecule has 2 heterocycles. The van der Waals surface area contributed by atoms with Crippen LogP contribution in [0.2, 0.25) is 0 Å². The maximum Gasteiger partial charge on any atom is 0.0728 e. The van der Waals surface area contributed by atoms with Crippen molar-refractivity contribution in [1.82, 2.24) is 20.3 Å². The Hall–Kier alpha value is -0.940. The van der Waals surface area contributed by atoms with Gasteiger partial charge in [-0.15, -0.1) is 5.10 Å². The molecule has 72 valence electrons. The van der Waals surface area contributed by atoms with Crippen molar-refractivity contribution >= 4 is 0 Å². The highest BCUT2D eigenvalue weighted by Gasteiger charge is 2.29. The van der Waals surface area contributed by atoms with Crippen LogP contribution in [0.5, 0.6) is 0 Å². The van der Waals surface area contributed by atoms with Gasteiger partial charge in [-0.3, -0.25) is 4.68 Å². The number of nitrogens with zero attached hydrogens (tertiary/aromatic N) is 3. The molecule has 0 radical (unpaired) electrons. The van der Waals surface area contributed by atoms with Crippen LogP contribution >= 0.6 is 0 Å². The lowest BCUT2D eigenvalue weighted by Crippen LogP contribution is -2.30. The quantitative estimate of drug-likeness (QED) is 0.632. The third kappa shape index (κ3) is 1.45. The Labute approximate surface area is 76.8 Å². The smallest absolute Gasteiger partial charge is 0.0728 e. The van der Waals surface area contributed by atoms with Crippen molar-refractivity contribution in [2.45, 2.75) is 18.4 Å². The molecule has 5 nitrogen and oxygen atoms in total. The van der Waals surface area contributed by atoms with Gasteiger partial charge in [0.1, 0.15) is 0 Å². The molecule has 13 heavy (non-hydrogen) atoms. The Morgan fingerprint density at radius 1 is 1.77 bits per heavy atom. The monoisotopic (exact) mass is 182 g/mol. The van der Waals surface area contributed by atoms with Gasteiger partial charge in [-0.25, -0.2) is 0 Å². The molecule has 0 aromatic carbocycles. The molecule has 1 aromatic rings. The lowest BCUT2D eigenvalue weighted by Gasteiger charge is -2.16. The molecular formula is C8H14N4O. The highest BCUT2D eigenvalue weighted by atomic mass is 16.3. The zero-order valence-corrected chi connectivity index (χ0v) is 7.64. The van der Waals surface area contributed by atoms with Crippen molar-refractivity contribution in [2.75, 3.05) is 13.2 Å². The Kier molecular flexibility index (Phi) is 2.28. The first kappa shape index (κ1) is 8.65. The van der Waals surface area contributed by atoms with E-state index in [2.05, 4.69) is 15.6 Å². The molecule has 2 N–H and O–H groups in total. The van der Waals surface area contributed by atoms with Crippen molar-refractivity contribution in [2.24, 2.45) is 7.05 Å².